The highest BCUT2D eigenvalue weighted by atomic mass is 32.2. The summed E-state index contributed by atoms with van der Waals surface area (Å²) in [5.41, 5.74) is 0.273. The summed E-state index contributed by atoms with van der Waals surface area (Å²) in [6.45, 7) is 1.73. The van der Waals surface area contributed by atoms with Crippen LogP contribution in [0, 0.1) is 6.92 Å². The highest BCUT2D eigenvalue weighted by Crippen LogP contribution is 2.24. The minimum absolute atomic E-state index is 0.00991. The van der Waals surface area contributed by atoms with Crippen molar-refractivity contribution in [2.24, 2.45) is 0 Å². The number of carbonyl (C=O) groups excluding carboxylic acids is 1. The van der Waals surface area contributed by atoms with Crippen LogP contribution in [0.2, 0.25) is 0 Å². The fraction of sp³-hybridized carbons (Fsp3) is 0.615. The Balaban J connectivity index is 1.70. The lowest BCUT2D eigenvalue weighted by Gasteiger charge is -2.11. The molecule has 7 nitrogen and oxygen atoms in total. The Morgan fingerprint density at radius 3 is 2.62 bits per heavy atom. The summed E-state index contributed by atoms with van der Waals surface area (Å²) in [6.07, 6.45) is 2.69. The van der Waals surface area contributed by atoms with E-state index in [-0.39, 0.29) is 29.1 Å². The molecule has 1 unspecified atom stereocenters. The van der Waals surface area contributed by atoms with Crippen molar-refractivity contribution in [3.05, 3.63) is 17.6 Å². The van der Waals surface area contributed by atoms with Gasteiger partial charge in [0, 0.05) is 18.2 Å². The van der Waals surface area contributed by atoms with E-state index in [1.54, 1.807) is 13.0 Å². The van der Waals surface area contributed by atoms with Crippen LogP contribution in [0.15, 0.2) is 6.07 Å². The molecule has 2 heterocycles. The van der Waals surface area contributed by atoms with Gasteiger partial charge < -0.3 is 10.6 Å². The summed E-state index contributed by atoms with van der Waals surface area (Å²) in [4.78, 5) is 20.6. The normalized spacial score (nSPS) is 23.8. The predicted octanol–water partition coefficient (Wildman–Crippen LogP) is 0.276. The molecule has 1 amide bonds. The third kappa shape index (κ3) is 3.69. The van der Waals surface area contributed by atoms with Gasteiger partial charge in [0.1, 0.15) is 17.3 Å². The van der Waals surface area contributed by atoms with E-state index in [0.717, 1.165) is 12.8 Å². The van der Waals surface area contributed by atoms with E-state index in [9.17, 15) is 13.2 Å². The van der Waals surface area contributed by atoms with Crippen molar-refractivity contribution in [2.75, 3.05) is 16.8 Å². The highest BCUT2D eigenvalue weighted by molar-refractivity contribution is 7.91. The Labute approximate surface area is 123 Å². The van der Waals surface area contributed by atoms with Crippen molar-refractivity contribution in [3.8, 4) is 0 Å². The smallest absolute Gasteiger partial charge is 0.270 e. The minimum Gasteiger partial charge on any atom is -0.367 e. The third-order valence-corrected chi connectivity index (χ3v) is 5.34. The average molecular weight is 310 g/mol. The Bertz CT molecular complexity index is 670. The van der Waals surface area contributed by atoms with E-state index in [1.807, 2.05) is 0 Å². The van der Waals surface area contributed by atoms with Crippen LogP contribution in [0.1, 0.15) is 35.6 Å². The van der Waals surface area contributed by atoms with Gasteiger partial charge in [-0.25, -0.2) is 18.4 Å². The van der Waals surface area contributed by atoms with Gasteiger partial charge in [0.05, 0.1) is 11.5 Å². The molecule has 0 bridgehead atoms. The number of nitrogens with one attached hydrogen (secondary N) is 2. The quantitative estimate of drug-likeness (QED) is 0.828. The first kappa shape index (κ1) is 14.2. The average Bonchev–Trinajstić information content (AvgIpc) is 3.12. The minimum atomic E-state index is -3.01. The first-order chi connectivity index (χ1) is 9.91. The van der Waals surface area contributed by atoms with Crippen LogP contribution in [0.25, 0.3) is 0 Å². The van der Waals surface area contributed by atoms with E-state index in [0.29, 0.717) is 24.1 Å². The molecule has 0 aromatic carbocycles. The van der Waals surface area contributed by atoms with Gasteiger partial charge in [0.2, 0.25) is 0 Å². The molecule has 2 aliphatic rings. The fourth-order valence-corrected chi connectivity index (χ4v) is 4.04. The molecule has 1 saturated heterocycles. The number of nitrogens with zero attached hydrogens (tertiary/aromatic N) is 2. The van der Waals surface area contributed by atoms with Crippen LogP contribution in [0.4, 0.5) is 5.82 Å². The molecule has 8 heteroatoms. The van der Waals surface area contributed by atoms with Gasteiger partial charge >= 0.3 is 0 Å². The van der Waals surface area contributed by atoms with Gasteiger partial charge in [-0.15, -0.1) is 0 Å². The maximum Gasteiger partial charge on any atom is 0.270 e. The third-order valence-electron chi connectivity index (χ3n) is 3.57. The van der Waals surface area contributed by atoms with Crippen molar-refractivity contribution in [3.63, 3.8) is 0 Å². The van der Waals surface area contributed by atoms with Gasteiger partial charge in [0.15, 0.2) is 9.84 Å². The molecule has 2 fully saturated rings. The molecular formula is C13H18N4O3S. The zero-order valence-electron chi connectivity index (χ0n) is 11.8. The first-order valence-corrected chi connectivity index (χ1v) is 8.87. The number of amides is 1. The standard InChI is InChI=1S/C13H18N4O3S/c1-8-14-11(6-12(15-8)16-9-2-3-9)13(18)17-10-4-5-21(19,20)7-10/h6,9-10H,2-5,7H2,1H3,(H,17,18)(H,14,15,16). The SMILES string of the molecule is Cc1nc(NC2CC2)cc(C(=O)NC2CCS(=O)(=O)C2)n1. The second-order valence-corrected chi connectivity index (χ2v) is 7.91. The molecule has 21 heavy (non-hydrogen) atoms. The van der Waals surface area contributed by atoms with E-state index in [4.69, 9.17) is 0 Å². The van der Waals surface area contributed by atoms with Crippen LogP contribution in [-0.4, -0.2) is 47.9 Å². The summed E-state index contributed by atoms with van der Waals surface area (Å²) in [5, 5.41) is 5.97. The van der Waals surface area contributed by atoms with Crippen molar-refractivity contribution >= 4 is 21.6 Å². The molecule has 1 aliphatic carbocycles. The lowest BCUT2D eigenvalue weighted by molar-refractivity contribution is 0.0935. The van der Waals surface area contributed by atoms with E-state index in [1.165, 1.54) is 0 Å². The van der Waals surface area contributed by atoms with E-state index < -0.39 is 9.84 Å². The summed E-state index contributed by atoms with van der Waals surface area (Å²) in [7, 11) is -3.01. The van der Waals surface area contributed by atoms with Gasteiger partial charge in [0.25, 0.3) is 5.91 Å². The zero-order valence-corrected chi connectivity index (χ0v) is 12.6. The molecular weight excluding hydrogens is 292 g/mol. The molecule has 1 aromatic rings. The van der Waals surface area contributed by atoms with Gasteiger partial charge in [-0.3, -0.25) is 4.79 Å². The molecule has 0 radical (unpaired) electrons. The Hall–Kier alpha value is -1.70. The van der Waals surface area contributed by atoms with Crippen molar-refractivity contribution < 1.29 is 13.2 Å². The van der Waals surface area contributed by atoms with Gasteiger partial charge in [-0.2, -0.15) is 0 Å². The number of hydrogen-bond acceptors (Lipinski definition) is 6. The molecule has 2 N–H and O–H groups in total. The topological polar surface area (TPSA) is 101 Å². The molecule has 1 saturated carbocycles. The van der Waals surface area contributed by atoms with Gasteiger partial charge in [-0.05, 0) is 26.2 Å². The second kappa shape index (κ2) is 5.25. The van der Waals surface area contributed by atoms with Crippen LogP contribution in [-0.2, 0) is 9.84 Å². The van der Waals surface area contributed by atoms with Crippen molar-refractivity contribution in [1.29, 1.82) is 0 Å². The summed E-state index contributed by atoms with van der Waals surface area (Å²) < 4.78 is 22.8. The summed E-state index contributed by atoms with van der Waals surface area (Å²) in [5.74, 6) is 0.964. The number of rotatable bonds is 4. The summed E-state index contributed by atoms with van der Waals surface area (Å²) in [6, 6.07) is 1.73. The molecule has 1 aliphatic heterocycles. The van der Waals surface area contributed by atoms with Crippen LogP contribution >= 0.6 is 0 Å². The maximum atomic E-state index is 12.2. The maximum absolute atomic E-state index is 12.2. The van der Waals surface area contributed by atoms with Crippen molar-refractivity contribution in [1.82, 2.24) is 15.3 Å². The first-order valence-electron chi connectivity index (χ1n) is 7.05. The second-order valence-electron chi connectivity index (χ2n) is 5.68. The predicted molar refractivity (Wildman–Crippen MR) is 77.9 cm³/mol. The largest absolute Gasteiger partial charge is 0.367 e. The van der Waals surface area contributed by atoms with Crippen LogP contribution in [0.3, 0.4) is 0 Å². The van der Waals surface area contributed by atoms with Crippen LogP contribution < -0.4 is 10.6 Å². The highest BCUT2D eigenvalue weighted by Gasteiger charge is 2.29. The number of sulfone groups is 1. The number of aromatic nitrogens is 2. The summed E-state index contributed by atoms with van der Waals surface area (Å²) >= 11 is 0. The number of aryl methyl sites for hydroxylation is 1. The zero-order chi connectivity index (χ0) is 15.0. The molecule has 1 aromatic heterocycles. The Kier molecular flexibility index (Phi) is 3.56. The molecule has 0 spiro atoms. The monoisotopic (exact) mass is 310 g/mol. The van der Waals surface area contributed by atoms with E-state index in [2.05, 4.69) is 20.6 Å². The molecule has 114 valence electrons. The molecule has 3 rings (SSSR count). The Morgan fingerprint density at radius 1 is 1.24 bits per heavy atom. The number of anilines is 1. The number of carbonyl (C=O) groups is 1. The van der Waals surface area contributed by atoms with E-state index >= 15 is 0 Å². The molecule has 1 atom stereocenters. The fourth-order valence-electron chi connectivity index (χ4n) is 2.36. The lowest BCUT2D eigenvalue weighted by Crippen LogP contribution is -2.36. The van der Waals surface area contributed by atoms with Crippen LogP contribution in [0.5, 0.6) is 0 Å². The van der Waals surface area contributed by atoms with Crippen molar-refractivity contribution in [2.45, 2.75) is 38.3 Å². The Morgan fingerprint density at radius 2 is 2.00 bits per heavy atom. The van der Waals surface area contributed by atoms with Gasteiger partial charge in [-0.1, -0.05) is 0 Å². The number of hydrogen-bond donors (Lipinski definition) is 2. The lowest BCUT2D eigenvalue weighted by atomic mass is 10.2.